The summed E-state index contributed by atoms with van der Waals surface area (Å²) >= 11 is 0. The van der Waals surface area contributed by atoms with E-state index in [0.29, 0.717) is 18.5 Å². The molecule has 1 amide bonds. The molecule has 0 aliphatic carbocycles. The van der Waals surface area contributed by atoms with Gasteiger partial charge in [-0.15, -0.1) is 10.2 Å². The van der Waals surface area contributed by atoms with Crippen molar-refractivity contribution in [3.63, 3.8) is 0 Å². The molecule has 0 unspecified atom stereocenters. The van der Waals surface area contributed by atoms with Crippen LogP contribution >= 0.6 is 0 Å². The predicted octanol–water partition coefficient (Wildman–Crippen LogP) is 2.92. The van der Waals surface area contributed by atoms with Crippen molar-refractivity contribution in [3.8, 4) is 0 Å². The lowest BCUT2D eigenvalue weighted by molar-refractivity contribution is -0.137. The largest absolute Gasteiger partial charge is 0.416 e. The van der Waals surface area contributed by atoms with Crippen LogP contribution < -0.4 is 5.32 Å². The Morgan fingerprint density at radius 1 is 1.19 bits per heavy atom. The van der Waals surface area contributed by atoms with Gasteiger partial charge in [-0.25, -0.2) is 0 Å². The molecule has 0 saturated heterocycles. The van der Waals surface area contributed by atoms with Crippen LogP contribution in [0.4, 0.5) is 13.2 Å². The highest BCUT2D eigenvalue weighted by Crippen LogP contribution is 2.29. The van der Waals surface area contributed by atoms with Crippen molar-refractivity contribution < 1.29 is 18.0 Å². The molecule has 0 radical (unpaired) electrons. The molecule has 140 valence electrons. The van der Waals surface area contributed by atoms with Crippen LogP contribution in [0.3, 0.4) is 0 Å². The van der Waals surface area contributed by atoms with E-state index in [2.05, 4.69) is 20.1 Å². The molecule has 2 aromatic rings. The van der Waals surface area contributed by atoms with Gasteiger partial charge in [-0.1, -0.05) is 24.6 Å². The van der Waals surface area contributed by atoms with Gasteiger partial charge < -0.3 is 9.88 Å². The topological polar surface area (TPSA) is 59.8 Å². The van der Waals surface area contributed by atoms with Crippen LogP contribution in [-0.4, -0.2) is 27.2 Å². The van der Waals surface area contributed by atoms with Gasteiger partial charge in [0.2, 0.25) is 5.91 Å². The van der Waals surface area contributed by atoms with E-state index >= 15 is 0 Å². The van der Waals surface area contributed by atoms with Crippen LogP contribution in [0.2, 0.25) is 0 Å². The Kier molecular flexibility index (Phi) is 5.58. The molecular weight excluding hydrogens is 345 g/mol. The van der Waals surface area contributed by atoms with Crippen LogP contribution in [0.15, 0.2) is 24.3 Å². The van der Waals surface area contributed by atoms with Gasteiger partial charge in [-0.2, -0.15) is 13.2 Å². The third kappa shape index (κ3) is 4.62. The number of nitrogens with one attached hydrogen (secondary N) is 1. The molecule has 8 heteroatoms. The number of benzene rings is 1. The smallest absolute Gasteiger partial charge is 0.355 e. The third-order valence-electron chi connectivity index (χ3n) is 4.48. The van der Waals surface area contributed by atoms with Crippen molar-refractivity contribution in [2.24, 2.45) is 0 Å². The number of amides is 1. The van der Waals surface area contributed by atoms with Crippen molar-refractivity contribution in [2.45, 2.75) is 51.2 Å². The maximum atomic E-state index is 12.7. The van der Waals surface area contributed by atoms with E-state index in [1.165, 1.54) is 18.6 Å². The summed E-state index contributed by atoms with van der Waals surface area (Å²) < 4.78 is 40.3. The zero-order valence-corrected chi connectivity index (χ0v) is 14.4. The van der Waals surface area contributed by atoms with Crippen molar-refractivity contribution in [3.05, 3.63) is 47.0 Å². The van der Waals surface area contributed by atoms with E-state index in [4.69, 9.17) is 0 Å². The summed E-state index contributed by atoms with van der Waals surface area (Å²) in [5.41, 5.74) is -0.400. The van der Waals surface area contributed by atoms with Gasteiger partial charge in [0.25, 0.3) is 0 Å². The first-order valence-electron chi connectivity index (χ1n) is 8.77. The fraction of sp³-hybridized carbons (Fsp3) is 0.500. The van der Waals surface area contributed by atoms with E-state index in [1.807, 2.05) is 0 Å². The molecule has 1 aromatic carbocycles. The van der Waals surface area contributed by atoms with Gasteiger partial charge in [0.05, 0.1) is 12.0 Å². The number of fused-ring (bicyclic) bond motifs is 1. The van der Waals surface area contributed by atoms with Gasteiger partial charge >= 0.3 is 6.18 Å². The number of rotatable bonds is 5. The van der Waals surface area contributed by atoms with Gasteiger partial charge in [0.1, 0.15) is 11.6 Å². The molecule has 1 aromatic heterocycles. The summed E-state index contributed by atoms with van der Waals surface area (Å²) in [4.78, 5) is 12.0. The summed E-state index contributed by atoms with van der Waals surface area (Å²) in [5, 5.41) is 11.2. The summed E-state index contributed by atoms with van der Waals surface area (Å²) in [7, 11) is 0. The minimum atomic E-state index is -4.40. The standard InChI is InChI=1S/C18H21F3N4O/c19-18(20,21)14-6-4-5-13(11-14)12-17(26)22-9-8-16-24-23-15-7-2-1-3-10-25(15)16/h4-6,11H,1-3,7-10,12H2,(H,22,26). The first-order valence-corrected chi connectivity index (χ1v) is 8.77. The van der Waals surface area contributed by atoms with Crippen molar-refractivity contribution in [2.75, 3.05) is 6.54 Å². The van der Waals surface area contributed by atoms with E-state index in [-0.39, 0.29) is 12.3 Å². The summed E-state index contributed by atoms with van der Waals surface area (Å²) in [6.07, 6.45) is 0.387. The molecule has 5 nitrogen and oxygen atoms in total. The molecule has 26 heavy (non-hydrogen) atoms. The number of carbonyl (C=O) groups excluding carboxylic acids is 1. The number of carbonyl (C=O) groups is 1. The molecule has 0 fully saturated rings. The van der Waals surface area contributed by atoms with Crippen LogP contribution in [0, 0.1) is 0 Å². The van der Waals surface area contributed by atoms with Crippen LogP contribution in [-0.2, 0) is 36.8 Å². The highest BCUT2D eigenvalue weighted by Gasteiger charge is 2.30. The number of halogens is 3. The van der Waals surface area contributed by atoms with Gasteiger partial charge in [0.15, 0.2) is 0 Å². The number of nitrogens with zero attached hydrogens (tertiary/aromatic N) is 3. The number of hydrogen-bond acceptors (Lipinski definition) is 3. The van der Waals surface area contributed by atoms with Gasteiger partial charge in [-0.3, -0.25) is 4.79 Å². The Labute approximate surface area is 149 Å². The van der Waals surface area contributed by atoms with E-state index in [1.54, 1.807) is 0 Å². The molecular formula is C18H21F3N4O. The second-order valence-electron chi connectivity index (χ2n) is 6.47. The second kappa shape index (κ2) is 7.88. The molecule has 1 aliphatic heterocycles. The summed E-state index contributed by atoms with van der Waals surface area (Å²) in [5.74, 6) is 1.54. The molecule has 0 bridgehead atoms. The average molecular weight is 366 g/mol. The number of aryl methyl sites for hydroxylation is 1. The Hall–Kier alpha value is -2.38. The van der Waals surface area contributed by atoms with Crippen LogP contribution in [0.1, 0.15) is 42.0 Å². The molecule has 1 N–H and O–H groups in total. The first kappa shape index (κ1) is 18.4. The quantitative estimate of drug-likeness (QED) is 0.885. The number of alkyl halides is 3. The van der Waals surface area contributed by atoms with Gasteiger partial charge in [-0.05, 0) is 24.5 Å². The van der Waals surface area contributed by atoms with E-state index < -0.39 is 11.7 Å². The monoisotopic (exact) mass is 366 g/mol. The van der Waals surface area contributed by atoms with Crippen molar-refractivity contribution in [1.29, 1.82) is 0 Å². The molecule has 3 rings (SSSR count). The Morgan fingerprint density at radius 2 is 2.04 bits per heavy atom. The molecule has 0 spiro atoms. The van der Waals surface area contributed by atoms with Crippen molar-refractivity contribution in [1.82, 2.24) is 20.1 Å². The van der Waals surface area contributed by atoms with Crippen molar-refractivity contribution >= 4 is 5.91 Å². The lowest BCUT2D eigenvalue weighted by Crippen LogP contribution is -2.28. The average Bonchev–Trinajstić information content (AvgIpc) is 2.82. The summed E-state index contributed by atoms with van der Waals surface area (Å²) in [6.45, 7) is 1.28. The first-order chi connectivity index (χ1) is 12.4. The SMILES string of the molecule is O=C(Cc1cccc(C(F)(F)F)c1)NCCc1nnc2n1CCCCC2. The molecule has 1 aliphatic rings. The zero-order valence-electron chi connectivity index (χ0n) is 14.4. The minimum Gasteiger partial charge on any atom is -0.355 e. The third-order valence-corrected chi connectivity index (χ3v) is 4.48. The second-order valence-corrected chi connectivity index (χ2v) is 6.47. The zero-order chi connectivity index (χ0) is 18.6. The van der Waals surface area contributed by atoms with E-state index in [0.717, 1.165) is 49.6 Å². The Balaban J connectivity index is 1.52. The number of hydrogen-bond donors (Lipinski definition) is 1. The molecule has 0 atom stereocenters. The molecule has 0 saturated carbocycles. The Bertz CT molecular complexity index is 770. The van der Waals surface area contributed by atoms with Crippen LogP contribution in [0.25, 0.3) is 0 Å². The maximum absolute atomic E-state index is 12.7. The number of aromatic nitrogens is 3. The molecule has 2 heterocycles. The summed E-state index contributed by atoms with van der Waals surface area (Å²) in [6, 6.07) is 4.85. The maximum Gasteiger partial charge on any atom is 0.416 e. The van der Waals surface area contributed by atoms with E-state index in [9.17, 15) is 18.0 Å². The lowest BCUT2D eigenvalue weighted by Gasteiger charge is -2.10. The Morgan fingerprint density at radius 3 is 2.85 bits per heavy atom. The highest BCUT2D eigenvalue weighted by molar-refractivity contribution is 5.78. The van der Waals surface area contributed by atoms with Crippen LogP contribution in [0.5, 0.6) is 0 Å². The highest BCUT2D eigenvalue weighted by atomic mass is 19.4. The predicted molar refractivity (Wildman–Crippen MR) is 89.4 cm³/mol. The van der Waals surface area contributed by atoms with Gasteiger partial charge in [0, 0.05) is 25.9 Å². The fourth-order valence-corrected chi connectivity index (χ4v) is 3.15. The minimum absolute atomic E-state index is 0.0815. The lowest BCUT2D eigenvalue weighted by atomic mass is 10.1. The fourth-order valence-electron chi connectivity index (χ4n) is 3.15. The normalized spacial score (nSPS) is 14.6.